The zero-order valence-electron chi connectivity index (χ0n) is 16.3. The molecule has 0 unspecified atom stereocenters. The van der Waals surface area contributed by atoms with E-state index >= 15 is 0 Å². The summed E-state index contributed by atoms with van der Waals surface area (Å²) in [4.78, 5) is 23.4. The molecular formula is C23H21F2N3O2. The van der Waals surface area contributed by atoms with Crippen LogP contribution < -0.4 is 4.74 Å². The van der Waals surface area contributed by atoms with Crippen LogP contribution in [0.4, 0.5) is 8.78 Å². The standard InChI is InChI=1S/C23H21F2N3O2/c24-18-5-3-16(4-6-18)22-23(27-12-11-26-22)17-2-1-13-28(14-17)21(29)15-30-20-9-7-19(25)8-10-20/h3-12,17H,1-2,13-15H2/t17-/m0/s1. The van der Waals surface area contributed by atoms with Crippen molar-refractivity contribution >= 4 is 5.91 Å². The molecule has 2 heterocycles. The summed E-state index contributed by atoms with van der Waals surface area (Å²) in [5.74, 6) is -0.308. The fourth-order valence-corrected chi connectivity index (χ4v) is 3.67. The number of carbonyl (C=O) groups is 1. The van der Waals surface area contributed by atoms with Crippen molar-refractivity contribution in [1.29, 1.82) is 0 Å². The van der Waals surface area contributed by atoms with Crippen LogP contribution in [0.15, 0.2) is 60.9 Å². The van der Waals surface area contributed by atoms with E-state index in [0.29, 0.717) is 24.5 Å². The van der Waals surface area contributed by atoms with Crippen LogP contribution in [0.1, 0.15) is 24.5 Å². The number of nitrogens with zero attached hydrogens (tertiary/aromatic N) is 3. The minimum absolute atomic E-state index is 0.0299. The summed E-state index contributed by atoms with van der Waals surface area (Å²) in [5.41, 5.74) is 2.31. The average molecular weight is 409 g/mol. The summed E-state index contributed by atoms with van der Waals surface area (Å²) in [6.45, 7) is 1.05. The Morgan fingerprint density at radius 2 is 1.67 bits per heavy atom. The number of aromatic nitrogens is 2. The topological polar surface area (TPSA) is 55.3 Å². The van der Waals surface area contributed by atoms with Gasteiger partial charge in [-0.15, -0.1) is 0 Å². The number of benzene rings is 2. The molecule has 7 heteroatoms. The predicted molar refractivity (Wildman–Crippen MR) is 108 cm³/mol. The van der Waals surface area contributed by atoms with Gasteiger partial charge in [0.15, 0.2) is 6.61 Å². The van der Waals surface area contributed by atoms with Crippen LogP contribution in [-0.2, 0) is 4.79 Å². The van der Waals surface area contributed by atoms with Crippen LogP contribution >= 0.6 is 0 Å². The van der Waals surface area contributed by atoms with Gasteiger partial charge in [0.05, 0.1) is 11.4 Å². The van der Waals surface area contributed by atoms with Gasteiger partial charge in [-0.05, 0) is 61.4 Å². The smallest absolute Gasteiger partial charge is 0.260 e. The van der Waals surface area contributed by atoms with Gasteiger partial charge in [-0.1, -0.05) is 0 Å². The van der Waals surface area contributed by atoms with Gasteiger partial charge < -0.3 is 9.64 Å². The zero-order chi connectivity index (χ0) is 20.9. The summed E-state index contributed by atoms with van der Waals surface area (Å²) in [7, 11) is 0. The average Bonchev–Trinajstić information content (AvgIpc) is 2.79. The molecule has 154 valence electrons. The Balaban J connectivity index is 1.46. The minimum Gasteiger partial charge on any atom is -0.484 e. The number of hydrogen-bond donors (Lipinski definition) is 0. The molecule has 0 spiro atoms. The summed E-state index contributed by atoms with van der Waals surface area (Å²) in [6.07, 6.45) is 4.98. The molecule has 2 aromatic carbocycles. The van der Waals surface area contributed by atoms with Crippen molar-refractivity contribution in [1.82, 2.24) is 14.9 Å². The molecule has 1 amide bonds. The van der Waals surface area contributed by atoms with Crippen LogP contribution in [-0.4, -0.2) is 40.5 Å². The fourth-order valence-electron chi connectivity index (χ4n) is 3.67. The van der Waals surface area contributed by atoms with E-state index in [2.05, 4.69) is 9.97 Å². The van der Waals surface area contributed by atoms with Crippen LogP contribution in [0, 0.1) is 11.6 Å². The van der Waals surface area contributed by atoms with Crippen molar-refractivity contribution in [2.24, 2.45) is 0 Å². The SMILES string of the molecule is O=C(COc1ccc(F)cc1)N1CCC[C@H](c2nccnc2-c2ccc(F)cc2)C1. The van der Waals surface area contributed by atoms with Gasteiger partial charge in [0.1, 0.15) is 17.4 Å². The third kappa shape index (κ3) is 4.62. The lowest BCUT2D eigenvalue weighted by Gasteiger charge is -2.33. The number of amides is 1. The van der Waals surface area contributed by atoms with Crippen LogP contribution in [0.5, 0.6) is 5.75 Å². The second-order valence-corrected chi connectivity index (χ2v) is 7.22. The Morgan fingerprint density at radius 1 is 1.00 bits per heavy atom. The Morgan fingerprint density at radius 3 is 2.40 bits per heavy atom. The summed E-state index contributed by atoms with van der Waals surface area (Å²) in [6, 6.07) is 11.8. The van der Waals surface area contributed by atoms with Gasteiger partial charge in [0, 0.05) is 37.0 Å². The molecule has 3 aromatic rings. The molecule has 5 nitrogen and oxygen atoms in total. The maximum atomic E-state index is 13.3. The Hall–Kier alpha value is -3.35. The fraction of sp³-hybridized carbons (Fsp3) is 0.261. The summed E-state index contributed by atoms with van der Waals surface area (Å²) < 4.78 is 31.8. The number of rotatable bonds is 5. The van der Waals surface area contributed by atoms with Gasteiger partial charge in [-0.25, -0.2) is 8.78 Å². The van der Waals surface area contributed by atoms with Crippen molar-refractivity contribution in [3.8, 4) is 17.0 Å². The van der Waals surface area contributed by atoms with Crippen LogP contribution in [0.3, 0.4) is 0 Å². The van der Waals surface area contributed by atoms with Crippen LogP contribution in [0.25, 0.3) is 11.3 Å². The lowest BCUT2D eigenvalue weighted by atomic mass is 9.91. The number of piperidine rings is 1. The molecule has 1 fully saturated rings. The van der Waals surface area contributed by atoms with Gasteiger partial charge >= 0.3 is 0 Å². The van der Waals surface area contributed by atoms with Crippen molar-refractivity contribution in [2.75, 3.05) is 19.7 Å². The Labute approximate surface area is 173 Å². The van der Waals surface area contributed by atoms with Gasteiger partial charge in [0.2, 0.25) is 0 Å². The first-order chi connectivity index (χ1) is 14.6. The molecule has 1 atom stereocenters. The molecule has 1 aliphatic rings. The van der Waals surface area contributed by atoms with E-state index in [1.54, 1.807) is 29.4 Å². The van der Waals surface area contributed by atoms with Crippen molar-refractivity contribution in [3.63, 3.8) is 0 Å². The highest BCUT2D eigenvalue weighted by atomic mass is 19.1. The van der Waals surface area contributed by atoms with E-state index in [9.17, 15) is 13.6 Å². The maximum Gasteiger partial charge on any atom is 0.260 e. The number of likely N-dealkylation sites (tertiary alicyclic amines) is 1. The highest BCUT2D eigenvalue weighted by molar-refractivity contribution is 5.78. The Kier molecular flexibility index (Phi) is 5.97. The first-order valence-corrected chi connectivity index (χ1v) is 9.83. The largest absolute Gasteiger partial charge is 0.484 e. The monoisotopic (exact) mass is 409 g/mol. The highest BCUT2D eigenvalue weighted by Crippen LogP contribution is 2.32. The van der Waals surface area contributed by atoms with Gasteiger partial charge in [0.25, 0.3) is 5.91 Å². The first-order valence-electron chi connectivity index (χ1n) is 9.83. The lowest BCUT2D eigenvalue weighted by molar-refractivity contribution is -0.134. The molecule has 0 radical (unpaired) electrons. The quantitative estimate of drug-likeness (QED) is 0.634. The number of halogens is 2. The molecule has 0 aliphatic carbocycles. The van der Waals surface area contributed by atoms with E-state index in [1.807, 2.05) is 0 Å². The molecule has 0 bridgehead atoms. The van der Waals surface area contributed by atoms with E-state index in [4.69, 9.17) is 4.74 Å². The molecule has 0 N–H and O–H groups in total. The van der Waals surface area contributed by atoms with Crippen LogP contribution in [0.2, 0.25) is 0 Å². The molecular weight excluding hydrogens is 388 g/mol. The zero-order valence-corrected chi connectivity index (χ0v) is 16.3. The van der Waals surface area contributed by atoms with Gasteiger partial charge in [-0.3, -0.25) is 14.8 Å². The first kappa shape index (κ1) is 19.9. The maximum absolute atomic E-state index is 13.3. The number of ether oxygens (including phenoxy) is 1. The van der Waals surface area contributed by atoms with E-state index in [-0.39, 0.29) is 30.1 Å². The van der Waals surface area contributed by atoms with Crippen molar-refractivity contribution < 1.29 is 18.3 Å². The molecule has 4 rings (SSSR count). The summed E-state index contributed by atoms with van der Waals surface area (Å²) in [5, 5.41) is 0. The highest BCUT2D eigenvalue weighted by Gasteiger charge is 2.28. The molecule has 30 heavy (non-hydrogen) atoms. The third-order valence-electron chi connectivity index (χ3n) is 5.18. The van der Waals surface area contributed by atoms with Crippen molar-refractivity contribution in [3.05, 3.63) is 78.3 Å². The number of hydrogen-bond acceptors (Lipinski definition) is 4. The van der Waals surface area contributed by atoms with Crippen molar-refractivity contribution in [2.45, 2.75) is 18.8 Å². The predicted octanol–water partition coefficient (Wildman–Crippen LogP) is 4.21. The second-order valence-electron chi connectivity index (χ2n) is 7.22. The number of carbonyl (C=O) groups excluding carboxylic acids is 1. The van der Waals surface area contributed by atoms with Gasteiger partial charge in [-0.2, -0.15) is 0 Å². The minimum atomic E-state index is -0.353. The van der Waals surface area contributed by atoms with E-state index < -0.39 is 0 Å². The van der Waals surface area contributed by atoms with E-state index in [1.165, 1.54) is 36.4 Å². The molecule has 1 aromatic heterocycles. The Bertz CT molecular complexity index is 1010. The molecule has 1 aliphatic heterocycles. The van der Waals surface area contributed by atoms with E-state index in [0.717, 1.165) is 24.1 Å². The summed E-state index contributed by atoms with van der Waals surface area (Å²) >= 11 is 0. The molecule has 1 saturated heterocycles. The normalized spacial score (nSPS) is 16.3. The second kappa shape index (κ2) is 8.98. The molecule has 0 saturated carbocycles. The lowest BCUT2D eigenvalue weighted by Crippen LogP contribution is -2.41. The third-order valence-corrected chi connectivity index (χ3v) is 5.18.